The Morgan fingerprint density at radius 3 is 2.38 bits per heavy atom. The predicted octanol–water partition coefficient (Wildman–Crippen LogP) is 5.90. The van der Waals surface area contributed by atoms with Gasteiger partial charge in [0, 0.05) is 5.28 Å². The van der Waals surface area contributed by atoms with Gasteiger partial charge in [0.05, 0.1) is 23.5 Å². The third kappa shape index (κ3) is 6.15. The Morgan fingerprint density at radius 1 is 0.962 bits per heavy atom. The van der Waals surface area contributed by atoms with Crippen LogP contribution in [0.1, 0.15) is 12.5 Å². The molecule has 26 heavy (non-hydrogen) atoms. The monoisotopic (exact) mass is 366 g/mol. The highest BCUT2D eigenvalue weighted by Crippen LogP contribution is 2.38. The molecule has 2 aromatic carbocycles. The maximum Gasteiger partial charge on any atom is 0.420 e. The molecule has 9 heteroatoms. The number of hydrogen-bond acceptors (Lipinski definition) is 6. The zero-order valence-electron chi connectivity index (χ0n) is 14.0. The second kappa shape index (κ2) is 9.50. The van der Waals surface area contributed by atoms with Gasteiger partial charge >= 0.3 is 6.18 Å². The minimum atomic E-state index is -4.58. The van der Waals surface area contributed by atoms with Gasteiger partial charge in [-0.25, -0.2) is 0 Å². The third-order valence-electron chi connectivity index (χ3n) is 3.00. The predicted molar refractivity (Wildman–Crippen MR) is 88.9 cm³/mol. The van der Waals surface area contributed by atoms with Crippen LogP contribution in [-0.4, -0.2) is 19.8 Å². The zero-order valence-corrected chi connectivity index (χ0v) is 14.0. The highest BCUT2D eigenvalue weighted by molar-refractivity contribution is 5.49. The van der Waals surface area contributed by atoms with Crippen LogP contribution in [0.2, 0.25) is 0 Å². The van der Waals surface area contributed by atoms with Gasteiger partial charge in [-0.2, -0.15) is 28.5 Å². The second-order valence-corrected chi connectivity index (χ2v) is 4.93. The van der Waals surface area contributed by atoms with Gasteiger partial charge in [-0.05, 0) is 37.3 Å². The van der Waals surface area contributed by atoms with Gasteiger partial charge in [0.25, 0.3) is 0 Å². The highest BCUT2D eigenvalue weighted by Gasteiger charge is 2.34. The van der Waals surface area contributed by atoms with Crippen molar-refractivity contribution < 1.29 is 22.7 Å². The van der Waals surface area contributed by atoms with Gasteiger partial charge in [-0.15, -0.1) is 0 Å². The fourth-order valence-electron chi connectivity index (χ4n) is 1.87. The molecular formula is C17H17F3N4O2. The van der Waals surface area contributed by atoms with Crippen molar-refractivity contribution in [2.24, 2.45) is 20.6 Å². The smallest absolute Gasteiger partial charge is 0.420 e. The maximum atomic E-state index is 13.3. The third-order valence-corrected chi connectivity index (χ3v) is 3.00. The largest absolute Gasteiger partial charge is 0.491 e. The lowest BCUT2D eigenvalue weighted by Gasteiger charge is -2.13. The molecule has 0 amide bonds. The molecule has 0 bridgehead atoms. The van der Waals surface area contributed by atoms with Gasteiger partial charge in [-0.3, -0.25) is 0 Å². The molecule has 0 spiro atoms. The van der Waals surface area contributed by atoms with Crippen molar-refractivity contribution >= 4 is 11.4 Å². The lowest BCUT2D eigenvalue weighted by molar-refractivity contribution is -0.138. The summed E-state index contributed by atoms with van der Waals surface area (Å²) >= 11 is 0. The first-order chi connectivity index (χ1) is 12.5. The summed E-state index contributed by atoms with van der Waals surface area (Å²) in [7, 11) is 0. The van der Waals surface area contributed by atoms with Gasteiger partial charge < -0.3 is 9.57 Å². The molecule has 138 valence electrons. The molecule has 0 N–H and O–H groups in total. The average molecular weight is 366 g/mol. The molecular weight excluding hydrogens is 349 g/mol. The van der Waals surface area contributed by atoms with E-state index >= 15 is 0 Å². The van der Waals surface area contributed by atoms with E-state index in [0.717, 1.165) is 6.07 Å². The number of azo groups is 1. The number of ether oxygens (including phenoxy) is 1. The summed E-state index contributed by atoms with van der Waals surface area (Å²) in [5, 5.41) is 14.7. The molecule has 0 radical (unpaired) electrons. The van der Waals surface area contributed by atoms with Gasteiger partial charge in [0.2, 0.25) is 0 Å². The van der Waals surface area contributed by atoms with Gasteiger partial charge in [0.15, 0.2) is 0 Å². The first-order valence-corrected chi connectivity index (χ1v) is 7.80. The van der Waals surface area contributed by atoms with Crippen molar-refractivity contribution in [1.29, 1.82) is 0 Å². The Labute approximate surface area is 148 Å². The molecule has 0 saturated carbocycles. The van der Waals surface area contributed by atoms with E-state index in [1.807, 2.05) is 0 Å². The van der Waals surface area contributed by atoms with Crippen LogP contribution in [0.4, 0.5) is 24.5 Å². The first-order valence-electron chi connectivity index (χ1n) is 7.80. The van der Waals surface area contributed by atoms with Crippen LogP contribution in [0.25, 0.3) is 0 Å². The average Bonchev–Trinajstić information content (AvgIpc) is 2.63. The molecule has 0 aliphatic heterocycles. The summed E-state index contributed by atoms with van der Waals surface area (Å²) in [5.74, 6) is -0.303. The molecule has 0 atom stereocenters. The number of hydrogen-bond donors (Lipinski definition) is 0. The minimum absolute atomic E-state index is 0.0649. The molecule has 2 rings (SSSR count). The number of nitrogens with zero attached hydrogens (tertiary/aromatic N) is 4. The van der Waals surface area contributed by atoms with Crippen molar-refractivity contribution in [1.82, 2.24) is 0 Å². The maximum absolute atomic E-state index is 13.3. The molecule has 0 aliphatic carbocycles. The Balaban J connectivity index is 2.10. The van der Waals surface area contributed by atoms with E-state index in [-0.39, 0.29) is 24.6 Å². The standard InChI is InChI=1S/C17H17F3N4O2/c1-2-26-24-21-10-11-25-16-9-8-14(12-15(16)17(18,19)20)23-22-13-6-4-3-5-7-13/h3-9,12H,2,10-11H2,1H3/b23-22+,24-21?. The summed E-state index contributed by atoms with van der Waals surface area (Å²) < 4.78 is 44.9. The fraction of sp³-hybridized carbons (Fsp3) is 0.294. The Morgan fingerprint density at radius 2 is 1.69 bits per heavy atom. The fourth-order valence-corrected chi connectivity index (χ4v) is 1.87. The van der Waals surface area contributed by atoms with Crippen LogP contribution in [0, 0.1) is 0 Å². The molecule has 0 heterocycles. The number of benzene rings is 2. The second-order valence-electron chi connectivity index (χ2n) is 4.93. The molecule has 0 saturated heterocycles. The Hall–Kier alpha value is -2.97. The topological polar surface area (TPSA) is 67.9 Å². The number of rotatable bonds is 8. The normalized spacial score (nSPS) is 12.0. The summed E-state index contributed by atoms with van der Waals surface area (Å²) in [5.41, 5.74) is -0.311. The van der Waals surface area contributed by atoms with E-state index in [0.29, 0.717) is 12.3 Å². The highest BCUT2D eigenvalue weighted by atomic mass is 19.4. The zero-order chi connectivity index (χ0) is 18.8. The molecule has 0 aliphatic rings. The Kier molecular flexibility index (Phi) is 7.07. The summed E-state index contributed by atoms with van der Waals surface area (Å²) in [6.45, 7) is 2.11. The number of halogens is 3. The molecule has 6 nitrogen and oxygen atoms in total. The van der Waals surface area contributed by atoms with Gasteiger partial charge in [-0.1, -0.05) is 18.2 Å². The number of alkyl halides is 3. The quantitative estimate of drug-likeness (QED) is 0.331. The van der Waals surface area contributed by atoms with Crippen molar-refractivity contribution in [3.63, 3.8) is 0 Å². The molecule has 0 fully saturated rings. The lowest BCUT2D eigenvalue weighted by Crippen LogP contribution is -2.10. The summed E-state index contributed by atoms with van der Waals surface area (Å²) in [4.78, 5) is 4.64. The van der Waals surface area contributed by atoms with Crippen LogP contribution in [-0.2, 0) is 11.0 Å². The van der Waals surface area contributed by atoms with Crippen LogP contribution in [0.5, 0.6) is 5.75 Å². The SMILES string of the molecule is CCON=NCCOc1ccc(/N=N/c2ccccc2)cc1C(F)(F)F. The van der Waals surface area contributed by atoms with E-state index in [1.54, 1.807) is 37.3 Å². The first kappa shape index (κ1) is 19.4. The Bertz CT molecular complexity index is 749. The van der Waals surface area contributed by atoms with E-state index < -0.39 is 11.7 Å². The summed E-state index contributed by atoms with van der Waals surface area (Å²) in [6.07, 6.45) is -4.58. The minimum Gasteiger partial charge on any atom is -0.491 e. The van der Waals surface area contributed by atoms with E-state index in [1.165, 1.54) is 12.1 Å². The van der Waals surface area contributed by atoms with Crippen molar-refractivity contribution in [2.45, 2.75) is 13.1 Å². The van der Waals surface area contributed by atoms with Crippen molar-refractivity contribution in [3.8, 4) is 5.75 Å². The molecule has 2 aromatic rings. The van der Waals surface area contributed by atoms with Crippen molar-refractivity contribution in [3.05, 3.63) is 54.1 Å². The molecule has 0 unspecified atom stereocenters. The molecule has 0 aromatic heterocycles. The van der Waals surface area contributed by atoms with E-state index in [9.17, 15) is 13.2 Å². The van der Waals surface area contributed by atoms with Crippen molar-refractivity contribution in [2.75, 3.05) is 19.8 Å². The van der Waals surface area contributed by atoms with Crippen LogP contribution in [0.15, 0.2) is 69.2 Å². The van der Waals surface area contributed by atoms with E-state index in [4.69, 9.17) is 4.74 Å². The lowest BCUT2D eigenvalue weighted by atomic mass is 10.1. The van der Waals surface area contributed by atoms with Crippen LogP contribution >= 0.6 is 0 Å². The van der Waals surface area contributed by atoms with Gasteiger partial charge in [0.1, 0.15) is 19.0 Å². The van der Waals surface area contributed by atoms with E-state index in [2.05, 4.69) is 25.5 Å². The van der Waals surface area contributed by atoms with Crippen LogP contribution < -0.4 is 4.74 Å². The van der Waals surface area contributed by atoms with Crippen LogP contribution in [0.3, 0.4) is 0 Å². The summed E-state index contributed by atoms with van der Waals surface area (Å²) in [6, 6.07) is 12.2.